The third kappa shape index (κ3) is 15.6. The SMILES string of the molecule is Cl.Cl.O=C(CCNC(=O)C(CCC1CCNCC1)CCC1CCNCC1)NC[C@H](NC(=O)OCc1ccccc1)C(=O)O. The lowest BCUT2D eigenvalue weighted by molar-refractivity contribution is -0.139. The maximum atomic E-state index is 13.1. The first-order valence-corrected chi connectivity index (χ1v) is 15.1. The summed E-state index contributed by atoms with van der Waals surface area (Å²) in [6.07, 6.45) is 7.56. The highest BCUT2D eigenvalue weighted by Gasteiger charge is 2.24. The number of ether oxygens (including phenoxy) is 1. The van der Waals surface area contributed by atoms with E-state index < -0.39 is 24.0 Å². The molecule has 2 aliphatic heterocycles. The van der Waals surface area contributed by atoms with Crippen molar-refractivity contribution in [1.29, 1.82) is 0 Å². The van der Waals surface area contributed by atoms with Gasteiger partial charge in [-0.05, 0) is 94.9 Å². The second kappa shape index (κ2) is 22.0. The fourth-order valence-corrected chi connectivity index (χ4v) is 5.48. The van der Waals surface area contributed by atoms with E-state index in [0.717, 1.165) is 83.1 Å². The molecule has 2 aliphatic rings. The summed E-state index contributed by atoms with van der Waals surface area (Å²) < 4.78 is 5.07. The molecule has 6 N–H and O–H groups in total. The van der Waals surface area contributed by atoms with Crippen LogP contribution in [-0.4, -0.2) is 74.3 Å². The smallest absolute Gasteiger partial charge is 0.408 e. The van der Waals surface area contributed by atoms with Crippen LogP contribution < -0.4 is 26.6 Å². The van der Waals surface area contributed by atoms with E-state index in [2.05, 4.69) is 26.6 Å². The van der Waals surface area contributed by atoms with Crippen molar-refractivity contribution in [2.75, 3.05) is 39.3 Å². The number of rotatable bonds is 16. The molecule has 3 amide bonds. The third-order valence-corrected chi connectivity index (χ3v) is 8.09. The normalized spacial score (nSPS) is 16.2. The van der Waals surface area contributed by atoms with Crippen LogP contribution in [0.4, 0.5) is 4.79 Å². The zero-order chi connectivity index (χ0) is 29.3. The molecule has 43 heavy (non-hydrogen) atoms. The van der Waals surface area contributed by atoms with E-state index >= 15 is 0 Å². The molecular formula is C30H49Cl2N5O6. The number of nitrogens with one attached hydrogen (secondary N) is 5. The second-order valence-electron chi connectivity index (χ2n) is 11.2. The monoisotopic (exact) mass is 645 g/mol. The van der Waals surface area contributed by atoms with Crippen molar-refractivity contribution in [3.05, 3.63) is 35.9 Å². The van der Waals surface area contributed by atoms with Gasteiger partial charge in [-0.3, -0.25) is 9.59 Å². The van der Waals surface area contributed by atoms with E-state index in [9.17, 15) is 24.3 Å². The number of carbonyl (C=O) groups is 4. The lowest BCUT2D eigenvalue weighted by Crippen LogP contribution is -2.48. The van der Waals surface area contributed by atoms with Crippen LogP contribution >= 0.6 is 24.8 Å². The van der Waals surface area contributed by atoms with Gasteiger partial charge in [-0.1, -0.05) is 30.3 Å². The Morgan fingerprint density at radius 3 is 1.95 bits per heavy atom. The standard InChI is InChI=1S/C30H47N5O6.2ClH/c36-27(34-20-26(29(38)39)35-30(40)41-21-24-4-2-1-3-5-24)14-19-33-28(37)25(8-6-22-10-15-31-16-11-22)9-7-23-12-17-32-18-13-23;;/h1-5,22-23,25-26,31-32H,6-21H2,(H,33,37)(H,34,36)(H,35,40)(H,38,39);2*1H/t26-;;/m0../s1. The molecule has 0 saturated carbocycles. The summed E-state index contributed by atoms with van der Waals surface area (Å²) in [6.45, 7) is 4.04. The number of halogens is 2. The van der Waals surface area contributed by atoms with Crippen molar-refractivity contribution in [2.24, 2.45) is 17.8 Å². The minimum absolute atomic E-state index is 0. The average Bonchev–Trinajstić information content (AvgIpc) is 2.99. The van der Waals surface area contributed by atoms with Crippen LogP contribution in [-0.2, 0) is 25.7 Å². The van der Waals surface area contributed by atoms with Gasteiger partial charge in [-0.25, -0.2) is 9.59 Å². The van der Waals surface area contributed by atoms with Gasteiger partial charge in [0.15, 0.2) is 0 Å². The molecular weight excluding hydrogens is 597 g/mol. The van der Waals surface area contributed by atoms with Crippen molar-refractivity contribution in [1.82, 2.24) is 26.6 Å². The van der Waals surface area contributed by atoms with Crippen LogP contribution in [0, 0.1) is 17.8 Å². The van der Waals surface area contributed by atoms with Gasteiger partial charge in [0.25, 0.3) is 0 Å². The Labute approximate surface area is 267 Å². The summed E-state index contributed by atoms with van der Waals surface area (Å²) in [5.74, 6) is -0.458. The Balaban J connectivity index is 0.00000462. The van der Waals surface area contributed by atoms with Crippen molar-refractivity contribution in [2.45, 2.75) is 70.4 Å². The molecule has 1 atom stereocenters. The number of alkyl carbamates (subject to hydrolysis) is 1. The first-order chi connectivity index (χ1) is 19.9. The predicted octanol–water partition coefficient (Wildman–Crippen LogP) is 3.01. The number of benzene rings is 1. The molecule has 2 saturated heterocycles. The number of amides is 3. The van der Waals surface area contributed by atoms with Crippen molar-refractivity contribution in [3.63, 3.8) is 0 Å². The third-order valence-electron chi connectivity index (χ3n) is 8.09. The molecule has 244 valence electrons. The van der Waals surface area contributed by atoms with Gasteiger partial charge in [0.05, 0.1) is 0 Å². The van der Waals surface area contributed by atoms with Crippen molar-refractivity contribution in [3.8, 4) is 0 Å². The van der Waals surface area contributed by atoms with Gasteiger partial charge < -0.3 is 36.4 Å². The highest BCUT2D eigenvalue weighted by atomic mass is 35.5. The van der Waals surface area contributed by atoms with E-state index in [1.54, 1.807) is 24.3 Å². The van der Waals surface area contributed by atoms with Crippen LogP contribution in [0.1, 0.15) is 63.4 Å². The summed E-state index contributed by atoms with van der Waals surface area (Å²) in [4.78, 5) is 49.1. The fourth-order valence-electron chi connectivity index (χ4n) is 5.48. The van der Waals surface area contributed by atoms with Gasteiger partial charge in [0, 0.05) is 25.4 Å². The number of carboxylic acid groups (broad SMARTS) is 1. The van der Waals surface area contributed by atoms with Crippen molar-refractivity contribution >= 4 is 48.7 Å². The highest BCUT2D eigenvalue weighted by Crippen LogP contribution is 2.26. The summed E-state index contributed by atoms with van der Waals surface area (Å²) >= 11 is 0. The Bertz CT molecular complexity index is 940. The van der Waals surface area contributed by atoms with E-state index in [1.165, 1.54) is 0 Å². The average molecular weight is 647 g/mol. The number of aliphatic carboxylic acids is 1. The quantitative estimate of drug-likeness (QED) is 0.160. The summed E-state index contributed by atoms with van der Waals surface area (Å²) in [6, 6.07) is 7.67. The molecule has 0 radical (unpaired) electrons. The van der Waals surface area contributed by atoms with E-state index in [-0.39, 0.29) is 62.8 Å². The molecule has 1 aromatic carbocycles. The zero-order valence-electron chi connectivity index (χ0n) is 24.8. The molecule has 0 aliphatic carbocycles. The highest BCUT2D eigenvalue weighted by molar-refractivity contribution is 5.85. The Kier molecular flexibility index (Phi) is 19.7. The Hall–Kier alpha value is -2.60. The van der Waals surface area contributed by atoms with Gasteiger partial charge in [-0.15, -0.1) is 24.8 Å². The molecule has 1 aromatic rings. The number of piperidine rings is 2. The van der Waals surface area contributed by atoms with E-state index in [4.69, 9.17) is 4.74 Å². The molecule has 13 heteroatoms. The van der Waals surface area contributed by atoms with E-state index in [1.807, 2.05) is 6.07 Å². The van der Waals surface area contributed by atoms with Gasteiger partial charge >= 0.3 is 12.1 Å². The Morgan fingerprint density at radius 1 is 0.860 bits per heavy atom. The topological polar surface area (TPSA) is 158 Å². The minimum Gasteiger partial charge on any atom is -0.480 e. The lowest BCUT2D eigenvalue weighted by atomic mass is 9.84. The maximum Gasteiger partial charge on any atom is 0.408 e. The maximum absolute atomic E-state index is 13.1. The Morgan fingerprint density at radius 2 is 1.42 bits per heavy atom. The summed E-state index contributed by atoms with van der Waals surface area (Å²) in [5.41, 5.74) is 0.768. The van der Waals surface area contributed by atoms with Gasteiger partial charge in [-0.2, -0.15) is 0 Å². The molecule has 3 rings (SSSR count). The molecule has 2 fully saturated rings. The number of hydrogen-bond donors (Lipinski definition) is 6. The first-order valence-electron chi connectivity index (χ1n) is 15.1. The number of hydrogen-bond acceptors (Lipinski definition) is 7. The second-order valence-corrected chi connectivity index (χ2v) is 11.2. The summed E-state index contributed by atoms with van der Waals surface area (Å²) in [5, 5.41) is 23.9. The van der Waals surface area contributed by atoms with Gasteiger partial charge in [0.1, 0.15) is 12.6 Å². The van der Waals surface area contributed by atoms with E-state index in [0.29, 0.717) is 11.8 Å². The van der Waals surface area contributed by atoms with Crippen LogP contribution in [0.15, 0.2) is 30.3 Å². The van der Waals surface area contributed by atoms with Crippen LogP contribution in [0.25, 0.3) is 0 Å². The first kappa shape index (κ1) is 38.4. The molecule has 0 unspecified atom stereocenters. The predicted molar refractivity (Wildman–Crippen MR) is 169 cm³/mol. The number of carboxylic acids is 1. The fraction of sp³-hybridized carbons (Fsp3) is 0.667. The lowest BCUT2D eigenvalue weighted by Gasteiger charge is -2.27. The van der Waals surface area contributed by atoms with Crippen LogP contribution in [0.2, 0.25) is 0 Å². The molecule has 0 bridgehead atoms. The van der Waals surface area contributed by atoms with Crippen LogP contribution in [0.5, 0.6) is 0 Å². The zero-order valence-corrected chi connectivity index (χ0v) is 26.4. The molecule has 0 spiro atoms. The van der Waals surface area contributed by atoms with Crippen LogP contribution in [0.3, 0.4) is 0 Å². The number of carbonyl (C=O) groups excluding carboxylic acids is 3. The summed E-state index contributed by atoms with van der Waals surface area (Å²) in [7, 11) is 0. The van der Waals surface area contributed by atoms with Gasteiger partial charge in [0.2, 0.25) is 11.8 Å². The molecule has 0 aromatic heterocycles. The molecule has 11 nitrogen and oxygen atoms in total. The molecule has 2 heterocycles. The van der Waals surface area contributed by atoms with Crippen molar-refractivity contribution < 1.29 is 29.0 Å². The minimum atomic E-state index is -1.34. The largest absolute Gasteiger partial charge is 0.480 e.